The lowest BCUT2D eigenvalue weighted by Gasteiger charge is -2.19. The highest BCUT2D eigenvalue weighted by Crippen LogP contribution is 2.25. The summed E-state index contributed by atoms with van der Waals surface area (Å²) in [6, 6.07) is 12.2. The largest absolute Gasteiger partial charge is 0.466 e. The summed E-state index contributed by atoms with van der Waals surface area (Å²) in [4.78, 5) is 33.9. The number of benzene rings is 2. The van der Waals surface area contributed by atoms with Crippen LogP contribution in [-0.2, 0) is 14.3 Å². The number of ether oxygens (including phenoxy) is 2. The van der Waals surface area contributed by atoms with Crippen LogP contribution in [0.4, 0.5) is 10.1 Å². The number of carbonyl (C=O) groups excluding carboxylic acids is 2. The number of nitro groups is 1. The number of halogens is 1. The van der Waals surface area contributed by atoms with Crippen LogP contribution in [0.1, 0.15) is 22.1 Å². The van der Waals surface area contributed by atoms with Crippen LogP contribution in [-0.4, -0.2) is 30.1 Å². The molecule has 2 rings (SSSR count). The van der Waals surface area contributed by atoms with E-state index in [0.29, 0.717) is 0 Å². The Kier molecular flexibility index (Phi) is 5.78. The molecule has 2 atom stereocenters. The first-order valence-electron chi connectivity index (χ1n) is 7.16. The minimum atomic E-state index is -1.92. The molecule has 0 aliphatic heterocycles. The number of alkyl halides is 1. The first-order valence-corrected chi connectivity index (χ1v) is 7.16. The van der Waals surface area contributed by atoms with Crippen molar-refractivity contribution in [3.8, 4) is 0 Å². The van der Waals surface area contributed by atoms with Gasteiger partial charge in [-0.05, 0) is 17.7 Å². The van der Waals surface area contributed by atoms with Crippen LogP contribution in [0.2, 0.25) is 0 Å². The highest BCUT2D eigenvalue weighted by Gasteiger charge is 2.34. The Hall–Kier alpha value is -3.29. The number of nitrogens with zero attached hydrogens (tertiary/aromatic N) is 1. The van der Waals surface area contributed by atoms with E-state index in [4.69, 9.17) is 4.74 Å². The van der Waals surface area contributed by atoms with E-state index in [-0.39, 0.29) is 16.8 Å². The summed E-state index contributed by atoms with van der Waals surface area (Å²) in [6.45, 7) is 0. The van der Waals surface area contributed by atoms with E-state index >= 15 is 0 Å². The van der Waals surface area contributed by atoms with E-state index in [1.807, 2.05) is 0 Å². The van der Waals surface area contributed by atoms with Gasteiger partial charge >= 0.3 is 11.9 Å². The zero-order valence-electron chi connectivity index (χ0n) is 13.1. The van der Waals surface area contributed by atoms with Crippen LogP contribution in [0.15, 0.2) is 54.6 Å². The average Bonchev–Trinajstić information content (AvgIpc) is 2.65. The standard InChI is InChI=1S/C17H14FNO6/c1-24-17(21)15(14(18)11-5-3-2-4-6-11)25-16(20)12-7-9-13(10-8-12)19(22)23/h2-10,14-15H,1H3/t14-,15+/m1/s1. The van der Waals surface area contributed by atoms with Gasteiger partial charge in [-0.3, -0.25) is 10.1 Å². The molecule has 25 heavy (non-hydrogen) atoms. The van der Waals surface area contributed by atoms with Gasteiger partial charge in [0.15, 0.2) is 6.17 Å². The fourth-order valence-corrected chi connectivity index (χ4v) is 2.06. The molecular weight excluding hydrogens is 333 g/mol. The van der Waals surface area contributed by atoms with Gasteiger partial charge in [0.05, 0.1) is 17.6 Å². The quantitative estimate of drug-likeness (QED) is 0.453. The van der Waals surface area contributed by atoms with Crippen molar-refractivity contribution in [2.75, 3.05) is 7.11 Å². The number of hydrogen-bond donors (Lipinski definition) is 0. The molecule has 2 aromatic carbocycles. The summed E-state index contributed by atoms with van der Waals surface area (Å²) in [5.74, 6) is -2.05. The Morgan fingerprint density at radius 1 is 1.08 bits per heavy atom. The van der Waals surface area contributed by atoms with Crippen LogP contribution in [0.5, 0.6) is 0 Å². The number of hydrogen-bond acceptors (Lipinski definition) is 6. The fraction of sp³-hybridized carbons (Fsp3) is 0.176. The van der Waals surface area contributed by atoms with Gasteiger partial charge in [-0.1, -0.05) is 30.3 Å². The lowest BCUT2D eigenvalue weighted by Crippen LogP contribution is -2.32. The molecule has 0 aliphatic carbocycles. The van der Waals surface area contributed by atoms with Crippen molar-refractivity contribution in [1.82, 2.24) is 0 Å². The second kappa shape index (κ2) is 8.00. The van der Waals surface area contributed by atoms with Crippen molar-refractivity contribution in [2.24, 2.45) is 0 Å². The second-order valence-corrected chi connectivity index (χ2v) is 4.97. The van der Waals surface area contributed by atoms with Crippen molar-refractivity contribution < 1.29 is 28.4 Å². The minimum absolute atomic E-state index is 0.0558. The van der Waals surface area contributed by atoms with Crippen LogP contribution in [0, 0.1) is 10.1 Å². The Balaban J connectivity index is 2.20. The first-order chi connectivity index (χ1) is 11.9. The summed E-state index contributed by atoms with van der Waals surface area (Å²) in [7, 11) is 1.05. The molecule has 130 valence electrons. The van der Waals surface area contributed by atoms with E-state index in [9.17, 15) is 24.1 Å². The van der Waals surface area contributed by atoms with Gasteiger partial charge in [-0.2, -0.15) is 0 Å². The van der Waals surface area contributed by atoms with E-state index in [2.05, 4.69) is 4.74 Å². The Bertz CT molecular complexity index is 762. The predicted octanol–water partition coefficient (Wildman–Crippen LogP) is 3.00. The summed E-state index contributed by atoms with van der Waals surface area (Å²) in [5, 5.41) is 10.6. The Labute approximate surface area is 142 Å². The maximum Gasteiger partial charge on any atom is 0.350 e. The van der Waals surface area contributed by atoms with Gasteiger partial charge in [0.2, 0.25) is 6.10 Å². The molecule has 0 bridgehead atoms. The number of non-ortho nitro benzene ring substituents is 1. The van der Waals surface area contributed by atoms with Gasteiger partial charge < -0.3 is 9.47 Å². The lowest BCUT2D eigenvalue weighted by molar-refractivity contribution is -0.384. The third-order valence-corrected chi connectivity index (χ3v) is 3.37. The summed E-state index contributed by atoms with van der Waals surface area (Å²) < 4.78 is 24.1. The van der Waals surface area contributed by atoms with Crippen LogP contribution in [0.25, 0.3) is 0 Å². The lowest BCUT2D eigenvalue weighted by atomic mass is 10.1. The minimum Gasteiger partial charge on any atom is -0.466 e. The molecule has 2 aromatic rings. The van der Waals surface area contributed by atoms with Gasteiger partial charge in [0, 0.05) is 12.1 Å². The second-order valence-electron chi connectivity index (χ2n) is 4.97. The molecular formula is C17H14FNO6. The summed E-state index contributed by atoms with van der Waals surface area (Å²) in [5.41, 5.74) is -0.122. The zero-order chi connectivity index (χ0) is 18.4. The normalized spacial score (nSPS) is 12.7. The monoisotopic (exact) mass is 347 g/mol. The smallest absolute Gasteiger partial charge is 0.350 e. The molecule has 0 radical (unpaired) electrons. The van der Waals surface area contributed by atoms with Crippen molar-refractivity contribution >= 4 is 17.6 Å². The third kappa shape index (κ3) is 4.37. The van der Waals surface area contributed by atoms with Crippen LogP contribution in [0.3, 0.4) is 0 Å². The van der Waals surface area contributed by atoms with Crippen LogP contribution < -0.4 is 0 Å². The molecule has 8 heteroatoms. The molecule has 0 saturated carbocycles. The molecule has 0 heterocycles. The number of rotatable bonds is 6. The molecule has 0 N–H and O–H groups in total. The average molecular weight is 347 g/mol. The summed E-state index contributed by atoms with van der Waals surface area (Å²) in [6.07, 6.45) is -3.72. The van der Waals surface area contributed by atoms with Gasteiger partial charge in [-0.25, -0.2) is 14.0 Å². The van der Waals surface area contributed by atoms with Crippen molar-refractivity contribution in [1.29, 1.82) is 0 Å². The Morgan fingerprint density at radius 2 is 1.68 bits per heavy atom. The van der Waals surface area contributed by atoms with Crippen LogP contribution >= 0.6 is 0 Å². The molecule has 0 amide bonds. The van der Waals surface area contributed by atoms with Crippen molar-refractivity contribution in [3.63, 3.8) is 0 Å². The first kappa shape index (κ1) is 18.1. The maximum atomic E-state index is 14.6. The highest BCUT2D eigenvalue weighted by molar-refractivity contribution is 5.91. The molecule has 0 fully saturated rings. The van der Waals surface area contributed by atoms with E-state index < -0.39 is 29.1 Å². The molecule has 0 aromatic heterocycles. The Morgan fingerprint density at radius 3 is 2.20 bits per heavy atom. The number of nitro benzene ring substituents is 1. The number of methoxy groups -OCH3 is 1. The molecule has 0 saturated heterocycles. The molecule has 0 spiro atoms. The zero-order valence-corrected chi connectivity index (χ0v) is 13.1. The SMILES string of the molecule is COC(=O)[C@@H](OC(=O)c1ccc([N+](=O)[O-])cc1)[C@H](F)c1ccccc1. The molecule has 7 nitrogen and oxygen atoms in total. The predicted molar refractivity (Wildman–Crippen MR) is 84.6 cm³/mol. The van der Waals surface area contributed by atoms with Gasteiger partial charge in [-0.15, -0.1) is 0 Å². The molecule has 0 unspecified atom stereocenters. The van der Waals surface area contributed by atoms with Gasteiger partial charge in [0.1, 0.15) is 0 Å². The number of carbonyl (C=O) groups is 2. The maximum absolute atomic E-state index is 14.6. The number of esters is 2. The topological polar surface area (TPSA) is 95.7 Å². The summed E-state index contributed by atoms with van der Waals surface area (Å²) >= 11 is 0. The van der Waals surface area contributed by atoms with Gasteiger partial charge in [0.25, 0.3) is 5.69 Å². The highest BCUT2D eigenvalue weighted by atomic mass is 19.1. The van der Waals surface area contributed by atoms with Crippen molar-refractivity contribution in [2.45, 2.75) is 12.3 Å². The fourth-order valence-electron chi connectivity index (χ4n) is 2.06. The third-order valence-electron chi connectivity index (χ3n) is 3.37. The van der Waals surface area contributed by atoms with Crippen molar-refractivity contribution in [3.05, 3.63) is 75.8 Å². The van der Waals surface area contributed by atoms with E-state index in [1.165, 1.54) is 12.1 Å². The molecule has 0 aliphatic rings. The van der Waals surface area contributed by atoms with E-state index in [1.54, 1.807) is 18.2 Å². The van der Waals surface area contributed by atoms with E-state index in [0.717, 1.165) is 31.4 Å².